The van der Waals surface area contributed by atoms with Crippen LogP contribution in [0.3, 0.4) is 0 Å². The van der Waals surface area contributed by atoms with E-state index in [9.17, 15) is 34.5 Å². The molecule has 18 heteroatoms. The molecule has 1 amide bonds. The van der Waals surface area contributed by atoms with Crippen molar-refractivity contribution in [3.63, 3.8) is 0 Å². The van der Waals surface area contributed by atoms with E-state index in [2.05, 4.69) is 26.1 Å². The van der Waals surface area contributed by atoms with E-state index in [1.807, 2.05) is 4.90 Å². The second kappa shape index (κ2) is 27.2. The lowest BCUT2D eigenvalue weighted by Gasteiger charge is -2.65. The third kappa shape index (κ3) is 15.5. The number of nitrogens with one attached hydrogen (secondary N) is 1. The number of fused-ring (bicyclic) bond motifs is 5. The van der Waals surface area contributed by atoms with Gasteiger partial charge in [-0.15, -0.1) is 0 Å². The number of hydrogen-bond acceptors (Lipinski definition) is 14. The summed E-state index contributed by atoms with van der Waals surface area (Å²) in [7, 11) is 0. The first-order valence-electron chi connectivity index (χ1n) is 25.9. The predicted octanol–water partition coefficient (Wildman–Crippen LogP) is 2.07. The van der Waals surface area contributed by atoms with Crippen LogP contribution in [0.1, 0.15) is 97.8 Å². The van der Waals surface area contributed by atoms with E-state index in [1.165, 1.54) is 0 Å². The maximum Gasteiger partial charge on any atom is 0.317 e. The van der Waals surface area contributed by atoms with E-state index < -0.39 is 17.9 Å². The lowest BCUT2D eigenvalue weighted by atomic mass is 9.43. The fraction of sp³-hybridized carbons (Fsp3) is 0.918. The van der Waals surface area contributed by atoms with Crippen LogP contribution in [0, 0.1) is 46.3 Å². The molecule has 5 unspecified atom stereocenters. The minimum Gasteiger partial charge on any atom is -0.480 e. The summed E-state index contributed by atoms with van der Waals surface area (Å²) in [4.78, 5) is 55.8. The van der Waals surface area contributed by atoms with Crippen LogP contribution in [-0.4, -0.2) is 202 Å². The van der Waals surface area contributed by atoms with Crippen molar-refractivity contribution in [2.24, 2.45) is 63.5 Å². The molecule has 4 saturated carbocycles. The van der Waals surface area contributed by atoms with E-state index in [1.54, 1.807) is 14.7 Å². The summed E-state index contributed by atoms with van der Waals surface area (Å²) in [6.45, 7) is 14.3. The standard InChI is InChI=1S/C49H90N8O10/c1-35(8-4-16-53-43(58)31-54-17-19-55(32-44(59)60)21-23-57(34-46(63)64)24-22-56(20-18-54)33-45(61)62)38-9-10-39-47-40(30-42(49(38,39)3)67-27-7-15-52)48(2)12-11-37(65-25-5-13-50)28-36(48)29-41(47)66-26-6-14-51/h35-42,47H,4-34,50-52H2,1-3H3,(H,53,58)(H,59,60)(H,61,62)(H,63,64)/t35-,36?,37-,38?,39?,40+,41-,42+,47?,48?,49+/m1/s1. The van der Waals surface area contributed by atoms with Crippen LogP contribution in [0.25, 0.3) is 0 Å². The Labute approximate surface area is 400 Å². The summed E-state index contributed by atoms with van der Waals surface area (Å²) >= 11 is 0. The Bertz CT molecular complexity index is 1520. The second-order valence-corrected chi connectivity index (χ2v) is 21.2. The number of carbonyl (C=O) groups excluding carboxylic acids is 1. The van der Waals surface area contributed by atoms with Crippen molar-refractivity contribution in [2.45, 2.75) is 116 Å². The van der Waals surface area contributed by atoms with E-state index in [0.717, 1.165) is 83.7 Å². The molecule has 11 atom stereocenters. The molecule has 1 saturated heterocycles. The molecule has 5 fully saturated rings. The van der Waals surface area contributed by atoms with Crippen molar-refractivity contribution in [3.8, 4) is 0 Å². The number of carboxylic acid groups (broad SMARTS) is 3. The van der Waals surface area contributed by atoms with E-state index in [0.29, 0.717) is 127 Å². The van der Waals surface area contributed by atoms with Gasteiger partial charge in [-0.25, -0.2) is 0 Å². The van der Waals surface area contributed by atoms with Gasteiger partial charge in [0.05, 0.1) is 44.5 Å². The molecule has 1 heterocycles. The normalized spacial score (nSPS) is 33.1. The van der Waals surface area contributed by atoms with E-state index >= 15 is 0 Å². The number of aliphatic carboxylic acids is 3. The third-order valence-electron chi connectivity index (χ3n) is 17.0. The van der Waals surface area contributed by atoms with Gasteiger partial charge in [0.25, 0.3) is 0 Å². The molecule has 0 radical (unpaired) electrons. The van der Waals surface area contributed by atoms with Crippen molar-refractivity contribution >= 4 is 23.8 Å². The van der Waals surface area contributed by atoms with Crippen LogP contribution < -0.4 is 22.5 Å². The van der Waals surface area contributed by atoms with Gasteiger partial charge in [-0.1, -0.05) is 20.8 Å². The zero-order valence-corrected chi connectivity index (χ0v) is 41.3. The lowest BCUT2D eigenvalue weighted by Crippen LogP contribution is -2.63. The molecule has 0 aromatic heterocycles. The topological polar surface area (TPSA) is 260 Å². The number of rotatable bonds is 25. The van der Waals surface area contributed by atoms with Gasteiger partial charge in [0.15, 0.2) is 0 Å². The molecule has 10 N–H and O–H groups in total. The van der Waals surface area contributed by atoms with Gasteiger partial charge in [-0.05, 0) is 138 Å². The molecule has 0 aromatic rings. The molecule has 0 aromatic carbocycles. The molecular formula is C49H90N8O10. The van der Waals surface area contributed by atoms with Gasteiger partial charge < -0.3 is 52.0 Å². The van der Waals surface area contributed by atoms with Crippen LogP contribution >= 0.6 is 0 Å². The number of carboxylic acids is 3. The number of nitrogens with two attached hydrogens (primary N) is 3. The first-order chi connectivity index (χ1) is 32.1. The minimum atomic E-state index is -1.00. The van der Waals surface area contributed by atoms with Crippen LogP contribution in [0.2, 0.25) is 0 Å². The lowest BCUT2D eigenvalue weighted by molar-refractivity contribution is -0.227. The Morgan fingerprint density at radius 3 is 1.67 bits per heavy atom. The maximum absolute atomic E-state index is 13.5. The van der Waals surface area contributed by atoms with Crippen molar-refractivity contribution in [3.05, 3.63) is 0 Å². The molecule has 67 heavy (non-hydrogen) atoms. The number of amides is 1. The maximum atomic E-state index is 13.5. The Balaban J connectivity index is 1.23. The first-order valence-corrected chi connectivity index (χ1v) is 25.9. The molecule has 386 valence electrons. The van der Waals surface area contributed by atoms with Gasteiger partial charge in [0, 0.05) is 84.1 Å². The summed E-state index contributed by atoms with van der Waals surface area (Å²) in [5.74, 6) is -0.270. The van der Waals surface area contributed by atoms with E-state index in [4.69, 9.17) is 31.4 Å². The molecule has 0 bridgehead atoms. The highest BCUT2D eigenvalue weighted by Gasteiger charge is 2.66. The Morgan fingerprint density at radius 2 is 1.15 bits per heavy atom. The largest absolute Gasteiger partial charge is 0.480 e. The van der Waals surface area contributed by atoms with Crippen molar-refractivity contribution in [1.29, 1.82) is 0 Å². The molecule has 1 aliphatic heterocycles. The average molecular weight is 951 g/mol. The predicted molar refractivity (Wildman–Crippen MR) is 256 cm³/mol. The zero-order chi connectivity index (χ0) is 48.6. The molecule has 4 aliphatic carbocycles. The fourth-order valence-electron chi connectivity index (χ4n) is 13.5. The summed E-state index contributed by atoms with van der Waals surface area (Å²) in [6.07, 6.45) is 12.7. The van der Waals surface area contributed by atoms with Crippen LogP contribution in [0.15, 0.2) is 0 Å². The fourth-order valence-corrected chi connectivity index (χ4v) is 13.5. The van der Waals surface area contributed by atoms with E-state index in [-0.39, 0.29) is 61.2 Å². The average Bonchev–Trinajstić information content (AvgIpc) is 3.64. The molecule has 5 rings (SSSR count). The van der Waals surface area contributed by atoms with Crippen LogP contribution in [0.5, 0.6) is 0 Å². The number of ether oxygens (including phenoxy) is 3. The van der Waals surface area contributed by atoms with Gasteiger partial charge in [-0.2, -0.15) is 0 Å². The highest BCUT2D eigenvalue weighted by Crippen LogP contribution is 2.69. The van der Waals surface area contributed by atoms with Crippen molar-refractivity contribution in [1.82, 2.24) is 24.9 Å². The Kier molecular flexibility index (Phi) is 22.5. The highest BCUT2D eigenvalue weighted by atomic mass is 16.5. The summed E-state index contributed by atoms with van der Waals surface area (Å²) in [5.41, 5.74) is 18.0. The number of carbonyl (C=O) groups is 4. The summed E-state index contributed by atoms with van der Waals surface area (Å²) in [6, 6.07) is 0. The Hall–Kier alpha value is -2.52. The van der Waals surface area contributed by atoms with Gasteiger partial charge in [0.1, 0.15) is 0 Å². The SMILES string of the molecule is C[C@H](CCCNC(=O)CN1CCN(CC(=O)O)CCN(CC(=O)O)CCN(CC(=O)O)CC1)C1CCC2C3[C@H](OCCCN)CC4C[C@H](OCCCN)CCC4(C)[C@H]3C[C@H](OCCCN)[C@]21C. The van der Waals surface area contributed by atoms with Crippen LogP contribution in [-0.2, 0) is 33.4 Å². The summed E-state index contributed by atoms with van der Waals surface area (Å²) < 4.78 is 20.4. The highest BCUT2D eigenvalue weighted by molar-refractivity contribution is 5.78. The molecular weight excluding hydrogens is 861 g/mol. The number of hydrogen-bond donors (Lipinski definition) is 7. The van der Waals surface area contributed by atoms with Gasteiger partial charge in [0.2, 0.25) is 5.91 Å². The van der Waals surface area contributed by atoms with Crippen molar-refractivity contribution in [2.75, 3.05) is 125 Å². The molecule has 18 nitrogen and oxygen atoms in total. The minimum absolute atomic E-state index is 0.0296. The summed E-state index contributed by atoms with van der Waals surface area (Å²) in [5, 5.41) is 31.8. The second-order valence-electron chi connectivity index (χ2n) is 21.2. The zero-order valence-electron chi connectivity index (χ0n) is 41.3. The number of nitrogens with zero attached hydrogens (tertiary/aromatic N) is 4. The van der Waals surface area contributed by atoms with Gasteiger partial charge >= 0.3 is 17.9 Å². The first kappa shape index (κ1) is 55.4. The van der Waals surface area contributed by atoms with Crippen LogP contribution in [0.4, 0.5) is 0 Å². The smallest absolute Gasteiger partial charge is 0.317 e. The monoisotopic (exact) mass is 951 g/mol. The molecule has 0 spiro atoms. The Morgan fingerprint density at radius 1 is 0.642 bits per heavy atom. The quantitative estimate of drug-likeness (QED) is 0.0647. The van der Waals surface area contributed by atoms with Gasteiger partial charge in [-0.3, -0.25) is 38.8 Å². The molecule has 5 aliphatic rings. The van der Waals surface area contributed by atoms with Crippen molar-refractivity contribution < 1.29 is 48.7 Å². The third-order valence-corrected chi connectivity index (χ3v) is 17.0.